The molecule has 2 saturated heterocycles. The Morgan fingerprint density at radius 3 is 2.79 bits per heavy atom. The maximum Gasteiger partial charge on any atom is 0.332 e. The molecular formula is C23H36N8O3. The lowest BCUT2D eigenvalue weighted by Crippen LogP contribution is -2.61. The summed E-state index contributed by atoms with van der Waals surface area (Å²) in [6, 6.07) is 7.41. The van der Waals surface area contributed by atoms with E-state index in [4.69, 9.17) is 10.6 Å². The van der Waals surface area contributed by atoms with Gasteiger partial charge in [0.1, 0.15) is 6.29 Å². The zero-order valence-electron chi connectivity index (χ0n) is 20.1. The number of hydrogen-bond acceptors (Lipinski definition) is 8. The van der Waals surface area contributed by atoms with Crippen LogP contribution in [-0.2, 0) is 11.3 Å². The highest BCUT2D eigenvalue weighted by Gasteiger charge is 2.47. The topological polar surface area (TPSA) is 136 Å². The summed E-state index contributed by atoms with van der Waals surface area (Å²) < 4.78 is 5.44. The Labute approximate surface area is 200 Å². The number of carbonyl (C=O) groups excluding carboxylic acids is 2. The van der Waals surface area contributed by atoms with Gasteiger partial charge < -0.3 is 15.0 Å². The number of fused-ring (bicyclic) bond motifs is 1. The molecular weight excluding hydrogens is 436 g/mol. The molecule has 7 N–H and O–H groups in total. The predicted octanol–water partition coefficient (Wildman–Crippen LogP) is -0.0618. The summed E-state index contributed by atoms with van der Waals surface area (Å²) in [6.45, 7) is 6.60. The van der Waals surface area contributed by atoms with Gasteiger partial charge in [-0.25, -0.2) is 16.1 Å². The number of amides is 3. The molecule has 1 aromatic rings. The Balaban J connectivity index is 1.30. The zero-order valence-corrected chi connectivity index (χ0v) is 20.1. The summed E-state index contributed by atoms with van der Waals surface area (Å²) in [5.74, 6) is 5.27. The maximum atomic E-state index is 13.0. The van der Waals surface area contributed by atoms with Crippen LogP contribution in [0.5, 0.6) is 0 Å². The molecule has 186 valence electrons. The lowest BCUT2D eigenvalue weighted by atomic mass is 9.92. The summed E-state index contributed by atoms with van der Waals surface area (Å²) in [5, 5.41) is 11.6. The second kappa shape index (κ2) is 10.3. The van der Waals surface area contributed by atoms with Gasteiger partial charge in [-0.3, -0.25) is 25.9 Å². The lowest BCUT2D eigenvalue weighted by molar-refractivity contribution is 0.0715. The molecule has 0 radical (unpaired) electrons. The predicted molar refractivity (Wildman–Crippen MR) is 128 cm³/mol. The van der Waals surface area contributed by atoms with E-state index in [1.807, 2.05) is 31.0 Å². The van der Waals surface area contributed by atoms with Crippen molar-refractivity contribution in [1.82, 2.24) is 36.7 Å². The minimum Gasteiger partial charge on any atom is -0.381 e. The second-order valence-corrected chi connectivity index (χ2v) is 9.54. The summed E-state index contributed by atoms with van der Waals surface area (Å²) in [6.07, 6.45) is 3.98. The molecule has 11 heteroatoms. The number of rotatable bonds is 6. The molecule has 2 fully saturated rings. The van der Waals surface area contributed by atoms with Gasteiger partial charge in [-0.15, -0.1) is 0 Å². The number of carbonyl (C=O) groups is 2. The van der Waals surface area contributed by atoms with E-state index in [9.17, 15) is 9.59 Å². The summed E-state index contributed by atoms with van der Waals surface area (Å²) in [5.41, 5.74) is 7.83. The molecule has 3 heterocycles. The summed E-state index contributed by atoms with van der Waals surface area (Å²) >= 11 is 0. The first-order valence-electron chi connectivity index (χ1n) is 11.7. The molecule has 3 amide bonds. The van der Waals surface area contributed by atoms with Gasteiger partial charge in [-0.05, 0) is 50.0 Å². The number of urea groups is 1. The molecule has 4 rings (SSSR count). The molecule has 0 aliphatic carbocycles. The van der Waals surface area contributed by atoms with Crippen molar-refractivity contribution in [3.8, 4) is 0 Å². The van der Waals surface area contributed by atoms with Gasteiger partial charge in [0.25, 0.3) is 5.91 Å². The molecule has 11 nitrogen and oxygen atoms in total. The summed E-state index contributed by atoms with van der Waals surface area (Å²) in [4.78, 5) is 26.9. The highest BCUT2D eigenvalue weighted by atomic mass is 16.5. The number of nitrogens with one attached hydrogen (secondary N) is 5. The quantitative estimate of drug-likeness (QED) is 0.193. The van der Waals surface area contributed by atoms with E-state index in [0.29, 0.717) is 24.7 Å². The third-order valence-corrected chi connectivity index (χ3v) is 6.75. The Morgan fingerprint density at radius 2 is 2.06 bits per heavy atom. The average molecular weight is 473 g/mol. The Bertz CT molecular complexity index is 929. The third kappa shape index (κ3) is 5.34. The van der Waals surface area contributed by atoms with E-state index in [1.54, 1.807) is 18.2 Å². The normalized spacial score (nSPS) is 24.1. The molecule has 0 spiro atoms. The van der Waals surface area contributed by atoms with Gasteiger partial charge in [-0.1, -0.05) is 12.1 Å². The van der Waals surface area contributed by atoms with Crippen LogP contribution in [0.25, 0.3) is 0 Å². The van der Waals surface area contributed by atoms with Crippen LogP contribution in [-0.4, -0.2) is 72.6 Å². The fraction of sp³-hybridized carbons (Fsp3) is 0.565. The van der Waals surface area contributed by atoms with Crippen LogP contribution in [0.3, 0.4) is 0 Å². The molecule has 3 aliphatic heterocycles. The van der Waals surface area contributed by atoms with Crippen molar-refractivity contribution in [3.63, 3.8) is 0 Å². The van der Waals surface area contributed by atoms with Crippen molar-refractivity contribution in [2.45, 2.75) is 57.1 Å². The smallest absolute Gasteiger partial charge is 0.332 e. The minimum absolute atomic E-state index is 0.0451. The molecule has 2 atom stereocenters. The van der Waals surface area contributed by atoms with Crippen LogP contribution in [0.4, 0.5) is 4.79 Å². The van der Waals surface area contributed by atoms with E-state index in [0.717, 1.165) is 42.2 Å². The molecule has 0 saturated carbocycles. The van der Waals surface area contributed by atoms with Crippen LogP contribution in [0.15, 0.2) is 36.0 Å². The monoisotopic (exact) mass is 472 g/mol. The van der Waals surface area contributed by atoms with Gasteiger partial charge in [-0.2, -0.15) is 0 Å². The van der Waals surface area contributed by atoms with Crippen LogP contribution >= 0.6 is 0 Å². The number of likely N-dealkylation sites (tertiary alicyclic amines) is 1. The zero-order chi connectivity index (χ0) is 24.3. The Kier molecular flexibility index (Phi) is 7.39. The van der Waals surface area contributed by atoms with E-state index in [-0.39, 0.29) is 24.3 Å². The van der Waals surface area contributed by atoms with Crippen LogP contribution in [0, 0.1) is 0 Å². The van der Waals surface area contributed by atoms with Crippen molar-refractivity contribution >= 4 is 11.9 Å². The van der Waals surface area contributed by atoms with E-state index < -0.39 is 5.54 Å². The molecule has 34 heavy (non-hydrogen) atoms. The summed E-state index contributed by atoms with van der Waals surface area (Å²) in [7, 11) is 1.51. The molecule has 0 bridgehead atoms. The van der Waals surface area contributed by atoms with Crippen LogP contribution in [0.1, 0.15) is 42.6 Å². The fourth-order valence-corrected chi connectivity index (χ4v) is 4.77. The number of hydrogen-bond donors (Lipinski definition) is 6. The van der Waals surface area contributed by atoms with Gasteiger partial charge in [0.2, 0.25) is 0 Å². The number of nitrogens with two attached hydrogens (primary N) is 1. The fourth-order valence-electron chi connectivity index (χ4n) is 4.77. The Hall–Kier alpha value is -2.70. The molecule has 3 aliphatic rings. The first-order valence-corrected chi connectivity index (χ1v) is 11.7. The standard InChI is InChI=1S/C23H36N8O3/c1-23(2)18-13-25-21(27-17-7-9-34-10-8-17)28-19(18)14-31(23)22(33)29-26-12-15-5-4-6-16(11-15)20(32)30(3)24/h4-6,11,13,17,19,21,25-28H,7-10,12,14,24H2,1-3H3,(H,29,33). The van der Waals surface area contributed by atoms with Crippen molar-refractivity contribution in [2.75, 3.05) is 26.8 Å². The SMILES string of the molecule is CN(N)C(=O)c1cccc(CNNC(=O)N2CC3NC(NC4CCOCC4)NC=C3C2(C)C)c1. The van der Waals surface area contributed by atoms with E-state index >= 15 is 0 Å². The largest absolute Gasteiger partial charge is 0.381 e. The van der Waals surface area contributed by atoms with Crippen molar-refractivity contribution in [1.29, 1.82) is 0 Å². The first kappa shape index (κ1) is 24.4. The number of nitrogens with zero attached hydrogens (tertiary/aromatic N) is 2. The van der Waals surface area contributed by atoms with Gasteiger partial charge in [0, 0.05) is 51.2 Å². The molecule has 2 unspecified atom stereocenters. The Morgan fingerprint density at radius 1 is 1.29 bits per heavy atom. The molecule has 0 aromatic heterocycles. The van der Waals surface area contributed by atoms with Crippen molar-refractivity contribution in [2.24, 2.45) is 5.84 Å². The maximum absolute atomic E-state index is 13.0. The van der Waals surface area contributed by atoms with Crippen LogP contribution in [0.2, 0.25) is 0 Å². The number of hydrazine groups is 2. The number of ether oxygens (including phenoxy) is 1. The highest BCUT2D eigenvalue weighted by Crippen LogP contribution is 2.35. The van der Waals surface area contributed by atoms with Gasteiger partial charge >= 0.3 is 6.03 Å². The van der Waals surface area contributed by atoms with Gasteiger partial charge in [0.15, 0.2) is 0 Å². The highest BCUT2D eigenvalue weighted by molar-refractivity contribution is 5.93. The molecule has 1 aromatic carbocycles. The minimum atomic E-state index is -0.446. The average Bonchev–Trinajstić information content (AvgIpc) is 3.09. The first-order chi connectivity index (χ1) is 16.3. The van der Waals surface area contributed by atoms with E-state index in [2.05, 4.69) is 26.8 Å². The van der Waals surface area contributed by atoms with E-state index in [1.165, 1.54) is 7.05 Å². The second-order valence-electron chi connectivity index (χ2n) is 9.54. The lowest BCUT2D eigenvalue weighted by Gasteiger charge is -2.36. The van der Waals surface area contributed by atoms with Crippen molar-refractivity contribution in [3.05, 3.63) is 47.2 Å². The third-order valence-electron chi connectivity index (χ3n) is 6.75. The van der Waals surface area contributed by atoms with Crippen LogP contribution < -0.4 is 32.6 Å². The number of benzene rings is 1. The van der Waals surface area contributed by atoms with Crippen molar-refractivity contribution < 1.29 is 14.3 Å². The van der Waals surface area contributed by atoms with Gasteiger partial charge in [0.05, 0.1) is 11.6 Å².